The highest BCUT2D eigenvalue weighted by Gasteiger charge is 2.23. The minimum Gasteiger partial charge on any atom is -0.336 e. The predicted molar refractivity (Wildman–Crippen MR) is 110 cm³/mol. The average Bonchev–Trinajstić information content (AvgIpc) is 2.76. The molecule has 0 atom stereocenters. The van der Waals surface area contributed by atoms with Crippen LogP contribution in [-0.4, -0.2) is 46.9 Å². The zero-order chi connectivity index (χ0) is 20.2. The number of benzene rings is 2. The van der Waals surface area contributed by atoms with Crippen molar-refractivity contribution < 1.29 is 9.18 Å². The number of rotatable bonds is 4. The van der Waals surface area contributed by atoms with E-state index in [1.807, 2.05) is 36.4 Å². The summed E-state index contributed by atoms with van der Waals surface area (Å²) in [5, 5.41) is 0. The van der Waals surface area contributed by atoms with Crippen molar-refractivity contribution in [3.8, 4) is 11.1 Å². The van der Waals surface area contributed by atoms with Crippen molar-refractivity contribution in [1.29, 1.82) is 0 Å². The Kier molecular flexibility index (Phi) is 5.53. The van der Waals surface area contributed by atoms with Crippen LogP contribution in [0.5, 0.6) is 0 Å². The smallest absolute Gasteiger partial charge is 0.254 e. The van der Waals surface area contributed by atoms with E-state index in [0.29, 0.717) is 43.9 Å². The predicted octanol–water partition coefficient (Wildman–Crippen LogP) is 3.14. The number of piperazine rings is 1. The lowest BCUT2D eigenvalue weighted by molar-refractivity contribution is 0.0627. The van der Waals surface area contributed by atoms with Gasteiger partial charge in [0.1, 0.15) is 5.82 Å². The summed E-state index contributed by atoms with van der Waals surface area (Å²) in [6, 6.07) is 17.6. The molecule has 0 saturated carbocycles. The van der Waals surface area contributed by atoms with Crippen molar-refractivity contribution >= 4 is 5.91 Å². The number of aromatic nitrogens is 1. The summed E-state index contributed by atoms with van der Waals surface area (Å²) >= 11 is 0. The minimum absolute atomic E-state index is 0.0945. The van der Waals surface area contributed by atoms with Crippen LogP contribution >= 0.6 is 0 Å². The van der Waals surface area contributed by atoms with E-state index in [0.717, 1.165) is 11.1 Å². The van der Waals surface area contributed by atoms with Crippen molar-refractivity contribution in [2.45, 2.75) is 6.54 Å². The van der Waals surface area contributed by atoms with Gasteiger partial charge in [-0.15, -0.1) is 0 Å². The molecule has 5 nitrogen and oxygen atoms in total. The number of amides is 1. The third kappa shape index (κ3) is 4.43. The molecule has 3 aromatic rings. The quantitative estimate of drug-likeness (QED) is 0.743. The summed E-state index contributed by atoms with van der Waals surface area (Å²) in [7, 11) is 0. The molecule has 4 rings (SSSR count). The number of nitrogens with zero attached hydrogens (tertiary/aromatic N) is 2. The van der Waals surface area contributed by atoms with Crippen LogP contribution in [0.3, 0.4) is 0 Å². The number of carbonyl (C=O) groups is 1. The van der Waals surface area contributed by atoms with E-state index in [1.54, 1.807) is 23.2 Å². The van der Waals surface area contributed by atoms with E-state index in [-0.39, 0.29) is 11.5 Å². The summed E-state index contributed by atoms with van der Waals surface area (Å²) in [5.41, 5.74) is 3.00. The molecule has 29 heavy (non-hydrogen) atoms. The van der Waals surface area contributed by atoms with Gasteiger partial charge in [0.15, 0.2) is 0 Å². The first-order valence-electron chi connectivity index (χ1n) is 9.64. The maximum absolute atomic E-state index is 13.4. The molecule has 148 valence electrons. The molecule has 1 amide bonds. The van der Waals surface area contributed by atoms with Gasteiger partial charge in [-0.3, -0.25) is 14.5 Å². The summed E-state index contributed by atoms with van der Waals surface area (Å²) in [5.74, 6) is -0.569. The van der Waals surface area contributed by atoms with E-state index < -0.39 is 5.82 Å². The standard InChI is InChI=1S/C23H22FN3O2/c24-21-8-4-7-18(14-21)23(29)27-11-9-26(10-12-27)16-20-13-19(15-25-22(20)28)17-5-2-1-3-6-17/h1-8,13-15H,9-12,16H2,(H,25,28). The van der Waals surface area contributed by atoms with Gasteiger partial charge in [0.05, 0.1) is 0 Å². The van der Waals surface area contributed by atoms with Crippen LogP contribution in [0, 0.1) is 5.82 Å². The third-order valence-corrected chi connectivity index (χ3v) is 5.21. The van der Waals surface area contributed by atoms with E-state index in [9.17, 15) is 14.0 Å². The van der Waals surface area contributed by atoms with Gasteiger partial charge >= 0.3 is 0 Å². The molecular weight excluding hydrogens is 369 g/mol. The fourth-order valence-electron chi connectivity index (χ4n) is 3.60. The number of H-pyrrole nitrogens is 1. The normalized spacial score (nSPS) is 14.7. The Morgan fingerprint density at radius 3 is 2.41 bits per heavy atom. The molecule has 0 unspecified atom stereocenters. The van der Waals surface area contributed by atoms with Crippen LogP contribution in [-0.2, 0) is 6.54 Å². The van der Waals surface area contributed by atoms with Crippen LogP contribution in [0.4, 0.5) is 4.39 Å². The zero-order valence-electron chi connectivity index (χ0n) is 16.0. The molecule has 0 aliphatic carbocycles. The van der Waals surface area contributed by atoms with E-state index in [4.69, 9.17) is 0 Å². The van der Waals surface area contributed by atoms with Gasteiger partial charge < -0.3 is 9.88 Å². The fraction of sp³-hybridized carbons (Fsp3) is 0.217. The number of hydrogen-bond donors (Lipinski definition) is 1. The van der Waals surface area contributed by atoms with E-state index in [1.165, 1.54) is 12.1 Å². The maximum atomic E-state index is 13.4. The number of hydrogen-bond acceptors (Lipinski definition) is 3. The van der Waals surface area contributed by atoms with E-state index in [2.05, 4.69) is 9.88 Å². The maximum Gasteiger partial charge on any atom is 0.254 e. The van der Waals surface area contributed by atoms with Gasteiger partial charge in [0.2, 0.25) is 0 Å². The molecule has 1 aliphatic rings. The molecule has 2 heterocycles. The topological polar surface area (TPSA) is 56.4 Å². The molecule has 2 aromatic carbocycles. The van der Waals surface area contributed by atoms with Gasteiger partial charge in [-0.2, -0.15) is 0 Å². The van der Waals surface area contributed by atoms with Crippen molar-refractivity contribution in [1.82, 2.24) is 14.8 Å². The zero-order valence-corrected chi connectivity index (χ0v) is 16.0. The van der Waals surface area contributed by atoms with Crippen LogP contribution in [0.25, 0.3) is 11.1 Å². The van der Waals surface area contributed by atoms with Crippen LogP contribution < -0.4 is 5.56 Å². The molecule has 0 bridgehead atoms. The van der Waals surface area contributed by atoms with Gasteiger partial charge in [0, 0.05) is 50.0 Å². The molecule has 1 aliphatic heterocycles. The van der Waals surface area contributed by atoms with Crippen LogP contribution in [0.15, 0.2) is 71.7 Å². The Balaban J connectivity index is 1.41. The first-order valence-corrected chi connectivity index (χ1v) is 9.64. The SMILES string of the molecule is O=C(c1cccc(F)c1)N1CCN(Cc2cc(-c3ccccc3)c[nH]c2=O)CC1. The molecule has 0 spiro atoms. The lowest BCUT2D eigenvalue weighted by atomic mass is 10.1. The summed E-state index contributed by atoms with van der Waals surface area (Å²) in [4.78, 5) is 31.6. The fourth-order valence-corrected chi connectivity index (χ4v) is 3.60. The Labute approximate surface area is 168 Å². The van der Waals surface area contributed by atoms with Crippen molar-refractivity contribution in [3.63, 3.8) is 0 Å². The molecule has 6 heteroatoms. The second-order valence-electron chi connectivity index (χ2n) is 7.19. The lowest BCUT2D eigenvalue weighted by Crippen LogP contribution is -2.48. The number of aromatic amines is 1. The largest absolute Gasteiger partial charge is 0.336 e. The highest BCUT2D eigenvalue weighted by molar-refractivity contribution is 5.94. The second-order valence-corrected chi connectivity index (χ2v) is 7.19. The minimum atomic E-state index is -0.410. The number of pyridine rings is 1. The Morgan fingerprint density at radius 1 is 0.931 bits per heavy atom. The Bertz CT molecular complexity index is 1060. The summed E-state index contributed by atoms with van der Waals surface area (Å²) in [6.45, 7) is 2.95. The third-order valence-electron chi connectivity index (χ3n) is 5.21. The number of nitrogens with one attached hydrogen (secondary N) is 1. The van der Waals surface area contributed by atoms with Crippen molar-refractivity contribution in [2.75, 3.05) is 26.2 Å². The molecule has 1 aromatic heterocycles. The molecule has 1 N–H and O–H groups in total. The number of halogens is 1. The second kappa shape index (κ2) is 8.41. The average molecular weight is 391 g/mol. The molecular formula is C23H22FN3O2. The number of carbonyl (C=O) groups excluding carboxylic acids is 1. The van der Waals surface area contributed by atoms with Gasteiger partial charge in [-0.1, -0.05) is 36.4 Å². The van der Waals surface area contributed by atoms with Crippen molar-refractivity contribution in [2.24, 2.45) is 0 Å². The van der Waals surface area contributed by atoms with Crippen molar-refractivity contribution in [3.05, 3.63) is 94.2 Å². The molecule has 1 saturated heterocycles. The monoisotopic (exact) mass is 391 g/mol. The lowest BCUT2D eigenvalue weighted by Gasteiger charge is -2.34. The summed E-state index contributed by atoms with van der Waals surface area (Å²) in [6.07, 6.45) is 1.73. The van der Waals surface area contributed by atoms with Gasteiger partial charge in [-0.05, 0) is 35.4 Å². The van der Waals surface area contributed by atoms with Gasteiger partial charge in [-0.25, -0.2) is 4.39 Å². The highest BCUT2D eigenvalue weighted by Crippen LogP contribution is 2.18. The molecule has 1 fully saturated rings. The van der Waals surface area contributed by atoms with Crippen LogP contribution in [0.2, 0.25) is 0 Å². The summed E-state index contributed by atoms with van der Waals surface area (Å²) < 4.78 is 13.4. The van der Waals surface area contributed by atoms with Crippen LogP contribution in [0.1, 0.15) is 15.9 Å². The highest BCUT2D eigenvalue weighted by atomic mass is 19.1. The molecule has 0 radical (unpaired) electrons. The first-order chi connectivity index (χ1) is 14.1. The van der Waals surface area contributed by atoms with Gasteiger partial charge in [0.25, 0.3) is 11.5 Å². The Hall–Kier alpha value is -3.25. The Morgan fingerprint density at radius 2 is 1.69 bits per heavy atom. The van der Waals surface area contributed by atoms with E-state index >= 15 is 0 Å². The first kappa shape index (κ1) is 19.1.